The molecule has 0 unspecified atom stereocenters. The summed E-state index contributed by atoms with van der Waals surface area (Å²) in [5.74, 6) is 1.23. The van der Waals surface area contributed by atoms with Crippen LogP contribution in [0.5, 0.6) is 0 Å². The third kappa shape index (κ3) is 2.50. The number of aromatic nitrogens is 1. The third-order valence-corrected chi connectivity index (χ3v) is 6.16. The predicted octanol–water partition coefficient (Wildman–Crippen LogP) is 2.84. The van der Waals surface area contributed by atoms with E-state index in [9.17, 15) is 0 Å². The standard InChI is InChI=1S/C21H27N5/c1-24-9-3-5-16(24)11-15-13-22-19-8-7-17(12-18(15)19)26-14-23-21-20(26)6-4-10-25(21)2/h4,6-8,12-13,16,22-23H,3,5,9-11,14H2,1-2H3/t16-/m1/s1. The minimum absolute atomic E-state index is 0.676. The zero-order valence-corrected chi connectivity index (χ0v) is 15.6. The van der Waals surface area contributed by atoms with Gasteiger partial charge in [0, 0.05) is 42.4 Å². The number of likely N-dealkylation sites (tertiary alicyclic amines) is 1. The topological polar surface area (TPSA) is 37.5 Å². The van der Waals surface area contributed by atoms with E-state index < -0.39 is 0 Å². The molecule has 26 heavy (non-hydrogen) atoms. The van der Waals surface area contributed by atoms with Crippen molar-refractivity contribution in [1.82, 2.24) is 20.1 Å². The van der Waals surface area contributed by atoms with E-state index in [1.54, 1.807) is 0 Å². The summed E-state index contributed by atoms with van der Waals surface area (Å²) in [6.45, 7) is 3.03. The highest BCUT2D eigenvalue weighted by atomic mass is 15.4. The fourth-order valence-corrected chi connectivity index (χ4v) is 4.60. The number of fused-ring (bicyclic) bond motifs is 1. The number of H-pyrrole nitrogens is 1. The number of anilines is 1. The summed E-state index contributed by atoms with van der Waals surface area (Å²) < 4.78 is 0. The maximum absolute atomic E-state index is 3.54. The van der Waals surface area contributed by atoms with E-state index >= 15 is 0 Å². The number of rotatable bonds is 3. The normalized spacial score (nSPS) is 23.2. The van der Waals surface area contributed by atoms with Crippen LogP contribution in [0.2, 0.25) is 0 Å². The van der Waals surface area contributed by atoms with E-state index in [1.807, 2.05) is 0 Å². The lowest BCUT2D eigenvalue weighted by atomic mass is 10.0. The maximum atomic E-state index is 3.54. The van der Waals surface area contributed by atoms with E-state index in [0.29, 0.717) is 6.04 Å². The molecular formula is C21H27N5. The van der Waals surface area contributed by atoms with Gasteiger partial charge in [0.2, 0.25) is 0 Å². The molecule has 0 saturated carbocycles. The van der Waals surface area contributed by atoms with Crippen molar-refractivity contribution in [1.29, 1.82) is 0 Å². The van der Waals surface area contributed by atoms with Gasteiger partial charge in [-0.05, 0) is 62.7 Å². The van der Waals surface area contributed by atoms with Crippen molar-refractivity contribution >= 4 is 16.6 Å². The van der Waals surface area contributed by atoms with Gasteiger partial charge < -0.3 is 25.0 Å². The zero-order chi connectivity index (χ0) is 17.7. The molecule has 3 aliphatic heterocycles. The molecule has 3 aliphatic rings. The summed E-state index contributed by atoms with van der Waals surface area (Å²) in [6.07, 6.45) is 10.5. The van der Waals surface area contributed by atoms with Gasteiger partial charge in [-0.1, -0.05) is 6.08 Å². The monoisotopic (exact) mass is 349 g/mol. The number of nitrogens with one attached hydrogen (secondary N) is 2. The van der Waals surface area contributed by atoms with Crippen LogP contribution < -0.4 is 10.2 Å². The van der Waals surface area contributed by atoms with Gasteiger partial charge in [0.1, 0.15) is 5.82 Å². The number of allylic oxidation sites excluding steroid dienone is 1. The van der Waals surface area contributed by atoms with Crippen molar-refractivity contribution in [2.24, 2.45) is 0 Å². The lowest BCUT2D eigenvalue weighted by Gasteiger charge is -2.24. The number of benzene rings is 1. The molecule has 1 atom stereocenters. The smallest absolute Gasteiger partial charge is 0.127 e. The van der Waals surface area contributed by atoms with Crippen molar-refractivity contribution in [2.75, 3.05) is 38.8 Å². The summed E-state index contributed by atoms with van der Waals surface area (Å²) in [6, 6.07) is 7.48. The van der Waals surface area contributed by atoms with Crippen LogP contribution in [0.1, 0.15) is 18.4 Å². The van der Waals surface area contributed by atoms with E-state index in [-0.39, 0.29) is 0 Å². The zero-order valence-electron chi connectivity index (χ0n) is 15.6. The molecule has 0 amide bonds. The SMILES string of the molecule is CN1CC=CC2=C1NCN2c1ccc2[nH]cc(C[C@H]3CCCN3C)c2c1. The van der Waals surface area contributed by atoms with Crippen molar-refractivity contribution in [3.05, 3.63) is 53.6 Å². The maximum Gasteiger partial charge on any atom is 0.127 e. The average Bonchev–Trinajstić information content (AvgIpc) is 3.35. The average molecular weight is 349 g/mol. The van der Waals surface area contributed by atoms with Crippen molar-refractivity contribution in [3.63, 3.8) is 0 Å². The molecule has 0 spiro atoms. The second-order valence-electron chi connectivity index (χ2n) is 7.80. The molecule has 5 nitrogen and oxygen atoms in total. The van der Waals surface area contributed by atoms with Crippen molar-refractivity contribution < 1.29 is 0 Å². The number of hydrogen-bond acceptors (Lipinski definition) is 4. The minimum atomic E-state index is 0.676. The Bertz CT molecular complexity index is 893. The summed E-state index contributed by atoms with van der Waals surface area (Å²) in [5.41, 5.74) is 5.21. The lowest BCUT2D eigenvalue weighted by molar-refractivity contribution is 0.310. The molecule has 136 valence electrons. The van der Waals surface area contributed by atoms with Gasteiger partial charge in [-0.3, -0.25) is 0 Å². The van der Waals surface area contributed by atoms with Crippen LogP contribution in [-0.2, 0) is 6.42 Å². The number of nitrogens with zero attached hydrogens (tertiary/aromatic N) is 3. The molecule has 1 aromatic carbocycles. The number of likely N-dealkylation sites (N-methyl/N-ethyl adjacent to an activating group) is 2. The van der Waals surface area contributed by atoms with Crippen molar-refractivity contribution in [2.45, 2.75) is 25.3 Å². The first kappa shape index (κ1) is 15.8. The van der Waals surface area contributed by atoms with Crippen LogP contribution in [0.15, 0.2) is 48.1 Å². The second-order valence-corrected chi connectivity index (χ2v) is 7.80. The van der Waals surface area contributed by atoms with Crippen LogP contribution in [-0.4, -0.2) is 54.7 Å². The van der Waals surface area contributed by atoms with Gasteiger partial charge in [0.05, 0.1) is 12.4 Å². The largest absolute Gasteiger partial charge is 0.361 e. The summed E-state index contributed by atoms with van der Waals surface area (Å²) >= 11 is 0. The fraction of sp³-hybridized carbons (Fsp3) is 0.429. The van der Waals surface area contributed by atoms with Crippen LogP contribution in [0, 0.1) is 0 Å². The van der Waals surface area contributed by atoms with E-state index in [0.717, 1.165) is 19.6 Å². The highest BCUT2D eigenvalue weighted by Crippen LogP contribution is 2.32. The van der Waals surface area contributed by atoms with Crippen LogP contribution in [0.3, 0.4) is 0 Å². The Morgan fingerprint density at radius 1 is 1.23 bits per heavy atom. The molecule has 1 aromatic heterocycles. The van der Waals surface area contributed by atoms with E-state index in [1.165, 1.54) is 53.1 Å². The lowest BCUT2D eigenvalue weighted by Crippen LogP contribution is -2.27. The van der Waals surface area contributed by atoms with Gasteiger partial charge >= 0.3 is 0 Å². The highest BCUT2D eigenvalue weighted by molar-refractivity contribution is 5.87. The third-order valence-electron chi connectivity index (χ3n) is 6.16. The molecule has 2 aromatic rings. The Kier molecular flexibility index (Phi) is 3.71. The minimum Gasteiger partial charge on any atom is -0.361 e. The van der Waals surface area contributed by atoms with Gasteiger partial charge in [-0.25, -0.2) is 0 Å². The molecule has 1 fully saturated rings. The molecule has 0 bridgehead atoms. The molecule has 5 rings (SSSR count). The van der Waals surface area contributed by atoms with Gasteiger partial charge in [-0.15, -0.1) is 0 Å². The van der Waals surface area contributed by atoms with Crippen LogP contribution in [0.25, 0.3) is 10.9 Å². The van der Waals surface area contributed by atoms with Crippen LogP contribution in [0.4, 0.5) is 5.69 Å². The Morgan fingerprint density at radius 3 is 3.00 bits per heavy atom. The fourth-order valence-electron chi connectivity index (χ4n) is 4.60. The summed E-state index contributed by atoms with van der Waals surface area (Å²) in [5, 5.41) is 4.91. The molecule has 4 heterocycles. The Morgan fingerprint density at radius 2 is 2.15 bits per heavy atom. The first-order valence-corrected chi connectivity index (χ1v) is 9.64. The Hall–Kier alpha value is -2.40. The Balaban J connectivity index is 1.48. The highest BCUT2D eigenvalue weighted by Gasteiger charge is 2.26. The van der Waals surface area contributed by atoms with Gasteiger partial charge in [0.15, 0.2) is 0 Å². The first-order chi connectivity index (χ1) is 12.7. The van der Waals surface area contributed by atoms with Crippen LogP contribution >= 0.6 is 0 Å². The molecule has 0 aliphatic carbocycles. The van der Waals surface area contributed by atoms with Gasteiger partial charge in [0.25, 0.3) is 0 Å². The molecule has 5 heteroatoms. The Labute approximate surface area is 154 Å². The molecule has 0 radical (unpaired) electrons. The summed E-state index contributed by atoms with van der Waals surface area (Å²) in [7, 11) is 4.40. The molecule has 1 saturated heterocycles. The summed E-state index contributed by atoms with van der Waals surface area (Å²) in [4.78, 5) is 10.6. The molecule has 2 N–H and O–H groups in total. The van der Waals surface area contributed by atoms with E-state index in [4.69, 9.17) is 0 Å². The quantitative estimate of drug-likeness (QED) is 0.894. The number of aromatic amines is 1. The first-order valence-electron chi connectivity index (χ1n) is 9.64. The second kappa shape index (κ2) is 6.09. The predicted molar refractivity (Wildman–Crippen MR) is 107 cm³/mol. The molecular weight excluding hydrogens is 322 g/mol. The van der Waals surface area contributed by atoms with Gasteiger partial charge in [-0.2, -0.15) is 0 Å². The van der Waals surface area contributed by atoms with Crippen molar-refractivity contribution in [3.8, 4) is 0 Å². The van der Waals surface area contributed by atoms with E-state index in [2.05, 4.69) is 75.6 Å². The number of hydrogen-bond donors (Lipinski definition) is 2.